The van der Waals surface area contributed by atoms with Gasteiger partial charge in [-0.25, -0.2) is 9.46 Å². The molecule has 1 saturated heterocycles. The van der Waals surface area contributed by atoms with E-state index in [0.717, 1.165) is 16.7 Å². The number of ether oxygens (including phenoxy) is 7. The summed E-state index contributed by atoms with van der Waals surface area (Å²) in [5.74, 6) is 1.07. The zero-order valence-electron chi connectivity index (χ0n) is 45.2. The number of rotatable bonds is 29. The van der Waals surface area contributed by atoms with Crippen molar-refractivity contribution < 1.29 is 51.8 Å². The van der Waals surface area contributed by atoms with E-state index >= 15 is 0 Å². The van der Waals surface area contributed by atoms with Crippen molar-refractivity contribution in [2.45, 2.75) is 102 Å². The van der Waals surface area contributed by atoms with E-state index in [-0.39, 0.29) is 68.8 Å². The number of hydrogen-bond donors (Lipinski definition) is 0. The zero-order chi connectivity index (χ0) is 54.3. The molecule has 2 aliphatic rings. The molecule has 1 aromatic heterocycles. The van der Waals surface area contributed by atoms with Gasteiger partial charge in [0, 0.05) is 50.1 Å². The number of nitrogens with zero attached hydrogens (tertiary/aromatic N) is 3. The maximum atomic E-state index is 13.7. The van der Waals surface area contributed by atoms with Gasteiger partial charge in [0.1, 0.15) is 41.8 Å². The summed E-state index contributed by atoms with van der Waals surface area (Å²) in [6.07, 6.45) is 0.620. The predicted octanol–water partition coefficient (Wildman–Crippen LogP) is 10.6. The Balaban J connectivity index is 0.923. The molecule has 0 radical (unpaired) electrons. The Morgan fingerprint density at radius 2 is 1.27 bits per heavy atom. The Morgan fingerprint density at radius 3 is 1.84 bits per heavy atom. The van der Waals surface area contributed by atoms with Crippen LogP contribution in [0.5, 0.6) is 11.5 Å². The first-order valence-corrected chi connectivity index (χ1v) is 27.6. The van der Waals surface area contributed by atoms with Crippen molar-refractivity contribution in [2.24, 2.45) is 0 Å². The van der Waals surface area contributed by atoms with E-state index in [1.165, 1.54) is 33.7 Å². The van der Waals surface area contributed by atoms with Crippen LogP contribution in [0.1, 0.15) is 99.5 Å². The van der Waals surface area contributed by atoms with E-state index in [4.69, 9.17) is 42.2 Å². The molecule has 2 heterocycles. The van der Waals surface area contributed by atoms with Crippen molar-refractivity contribution >= 4 is 20.3 Å². The van der Waals surface area contributed by atoms with Crippen LogP contribution in [0.15, 0.2) is 144 Å². The van der Waals surface area contributed by atoms with E-state index in [9.17, 15) is 14.4 Å². The zero-order valence-corrected chi connectivity index (χ0v) is 46.1. The summed E-state index contributed by atoms with van der Waals surface area (Å²) in [7, 11) is 1.54. The van der Waals surface area contributed by atoms with Crippen LogP contribution in [0.2, 0.25) is 0 Å². The number of fused-ring (bicyclic) bond motifs is 3. The summed E-state index contributed by atoms with van der Waals surface area (Å²) in [5.41, 5.74) is 6.01. The number of carbonyl (C=O) groups excluding carboxylic acids is 2. The van der Waals surface area contributed by atoms with Crippen LogP contribution in [-0.2, 0) is 54.3 Å². The number of benzene rings is 5. The maximum absolute atomic E-state index is 13.7. The van der Waals surface area contributed by atoms with Crippen molar-refractivity contribution in [3.8, 4) is 22.6 Å². The molecular weight excluding hydrogens is 998 g/mol. The first-order chi connectivity index (χ1) is 37.4. The summed E-state index contributed by atoms with van der Waals surface area (Å²) in [6, 6.07) is 44.0. The molecule has 0 saturated carbocycles. The Morgan fingerprint density at radius 1 is 0.714 bits per heavy atom. The highest BCUT2D eigenvalue weighted by atomic mass is 31.2. The predicted molar refractivity (Wildman–Crippen MR) is 295 cm³/mol. The second-order valence-corrected chi connectivity index (χ2v) is 21.1. The SMILES string of the molecule is COc1ccc(C(OCC2OC(n3ccc(CC(C)=O)nc3=O)CC2OP(OCCOCCOCCCC(=O)OCC2c3ccccc3-c3ccccc32)N(C(C)C)C(C)C)(c2ccccc2)c2ccc(OC)cc2)cc1. The lowest BCUT2D eigenvalue weighted by Crippen LogP contribution is -2.39. The Hall–Kier alpha value is -6.13. The van der Waals surface area contributed by atoms with Crippen molar-refractivity contribution in [1.82, 2.24) is 14.2 Å². The minimum absolute atomic E-state index is 0.0226. The summed E-state index contributed by atoms with van der Waals surface area (Å²) in [6.45, 7) is 11.8. The number of aromatic nitrogens is 2. The van der Waals surface area contributed by atoms with Gasteiger partial charge in [-0.2, -0.15) is 4.98 Å². The second kappa shape index (κ2) is 27.5. The first kappa shape index (κ1) is 57.1. The van der Waals surface area contributed by atoms with Gasteiger partial charge in [0.15, 0.2) is 0 Å². The van der Waals surface area contributed by atoms with E-state index in [1.54, 1.807) is 26.5 Å². The molecule has 1 aliphatic carbocycles. The van der Waals surface area contributed by atoms with Crippen LogP contribution >= 0.6 is 8.53 Å². The third kappa shape index (κ3) is 14.1. The quantitative estimate of drug-likeness (QED) is 0.0189. The van der Waals surface area contributed by atoms with E-state index < -0.39 is 38.3 Å². The second-order valence-electron chi connectivity index (χ2n) is 19.7. The van der Waals surface area contributed by atoms with Gasteiger partial charge in [-0.3, -0.25) is 14.2 Å². The average molecular weight is 1070 g/mol. The Labute approximate surface area is 453 Å². The first-order valence-electron chi connectivity index (χ1n) is 26.5. The monoisotopic (exact) mass is 1070 g/mol. The third-order valence-corrected chi connectivity index (χ3v) is 15.9. The molecule has 4 unspecified atom stereocenters. The van der Waals surface area contributed by atoms with Crippen LogP contribution in [0.3, 0.4) is 0 Å². The van der Waals surface area contributed by atoms with Crippen LogP contribution in [0.25, 0.3) is 11.1 Å². The molecule has 0 amide bonds. The van der Waals surface area contributed by atoms with Gasteiger partial charge in [0.05, 0.1) is 59.1 Å². The van der Waals surface area contributed by atoms with Gasteiger partial charge in [-0.1, -0.05) is 103 Å². The number of Topliss-reactive ketones (excluding diaryl/α,β-unsaturated/α-hetero) is 1. The van der Waals surface area contributed by atoms with Crippen LogP contribution in [-0.4, -0.2) is 111 Å². The summed E-state index contributed by atoms with van der Waals surface area (Å²) in [4.78, 5) is 42.6. The fourth-order valence-electron chi connectivity index (χ4n) is 10.2. The van der Waals surface area contributed by atoms with Crippen LogP contribution in [0.4, 0.5) is 0 Å². The third-order valence-electron chi connectivity index (χ3n) is 13.8. The van der Waals surface area contributed by atoms with Crippen molar-refractivity contribution in [1.29, 1.82) is 0 Å². The molecule has 6 aromatic rings. The topological polar surface area (TPSA) is 155 Å². The summed E-state index contributed by atoms with van der Waals surface area (Å²) >= 11 is 0. The molecule has 15 nitrogen and oxygen atoms in total. The molecule has 4 atom stereocenters. The fraction of sp³-hybridized carbons (Fsp3) is 0.410. The Kier molecular flexibility index (Phi) is 20.3. The lowest BCUT2D eigenvalue weighted by molar-refractivity contribution is -0.144. The van der Waals surface area contributed by atoms with Gasteiger partial charge in [-0.15, -0.1) is 0 Å². The molecule has 8 rings (SSSR count). The number of ketones is 1. The highest BCUT2D eigenvalue weighted by Gasteiger charge is 2.45. The molecule has 0 N–H and O–H groups in total. The average Bonchev–Trinajstić information content (AvgIpc) is 4.02. The van der Waals surface area contributed by atoms with Gasteiger partial charge in [0.2, 0.25) is 0 Å². The number of carbonyl (C=O) groups is 2. The molecule has 408 valence electrons. The van der Waals surface area contributed by atoms with Crippen molar-refractivity contribution in [2.75, 3.05) is 60.5 Å². The largest absolute Gasteiger partial charge is 0.497 e. The van der Waals surface area contributed by atoms with Crippen LogP contribution < -0.4 is 15.2 Å². The maximum Gasteiger partial charge on any atom is 0.349 e. The lowest BCUT2D eigenvalue weighted by Gasteiger charge is -2.39. The van der Waals surface area contributed by atoms with Gasteiger partial charge in [0.25, 0.3) is 8.53 Å². The summed E-state index contributed by atoms with van der Waals surface area (Å²) < 4.78 is 60.3. The highest BCUT2D eigenvalue weighted by molar-refractivity contribution is 7.44. The minimum atomic E-state index is -1.73. The fourth-order valence-corrected chi connectivity index (χ4v) is 11.9. The molecule has 0 bridgehead atoms. The Bertz CT molecular complexity index is 2800. The van der Waals surface area contributed by atoms with Crippen LogP contribution in [0, 0.1) is 0 Å². The standard InChI is InChI=1S/C61H72N3O12P/c1-42(2)64(43(3)4)77(74-37-36-71-35-34-70-33-15-22-59(66)72-40-55-53-20-13-11-18-51(53)52-19-12-14-21-54(52)55)76-56-39-58(63-32-31-48(38-44(5)65)62-60(63)67)75-57(56)41-73-61(45-16-9-8-10-17-45,46-23-27-49(68-6)28-24-46)47-25-29-50(69-7)30-26-47/h8-14,16-21,23-32,42-43,55-58H,15,22,33-41H2,1-7H3. The van der Waals surface area contributed by atoms with E-state index in [2.05, 4.69) is 61.6 Å². The number of esters is 1. The lowest BCUT2D eigenvalue weighted by atomic mass is 9.80. The molecular formula is C61H72N3O12P. The van der Waals surface area contributed by atoms with Crippen molar-refractivity contribution in [3.63, 3.8) is 0 Å². The molecule has 0 spiro atoms. The summed E-state index contributed by atoms with van der Waals surface area (Å²) in [5, 5.41) is 0. The molecule has 1 fully saturated rings. The van der Waals surface area contributed by atoms with E-state index in [0.29, 0.717) is 50.0 Å². The highest BCUT2D eigenvalue weighted by Crippen LogP contribution is 2.51. The normalized spacial score (nSPS) is 16.7. The number of methoxy groups -OCH3 is 2. The minimum Gasteiger partial charge on any atom is -0.497 e. The molecule has 5 aromatic carbocycles. The smallest absolute Gasteiger partial charge is 0.349 e. The molecule has 1 aliphatic heterocycles. The van der Waals surface area contributed by atoms with Crippen molar-refractivity contribution in [3.05, 3.63) is 184 Å². The molecule has 16 heteroatoms. The van der Waals surface area contributed by atoms with Gasteiger partial charge >= 0.3 is 11.7 Å². The van der Waals surface area contributed by atoms with Gasteiger partial charge in [-0.05, 0) is 110 Å². The van der Waals surface area contributed by atoms with Gasteiger partial charge < -0.3 is 42.2 Å². The molecule has 77 heavy (non-hydrogen) atoms. The number of hydrogen-bond acceptors (Lipinski definition) is 14. The van der Waals surface area contributed by atoms with E-state index in [1.807, 2.05) is 103 Å².